The van der Waals surface area contributed by atoms with E-state index in [4.69, 9.17) is 9.15 Å². The van der Waals surface area contributed by atoms with Crippen LogP contribution in [0.5, 0.6) is 5.75 Å². The molecule has 0 aliphatic heterocycles. The number of para-hydroxylation sites is 1. The summed E-state index contributed by atoms with van der Waals surface area (Å²) in [6.07, 6.45) is 0.779. The summed E-state index contributed by atoms with van der Waals surface area (Å²) in [5, 5.41) is 4.34. The van der Waals surface area contributed by atoms with Gasteiger partial charge in [0.15, 0.2) is 11.3 Å². The third-order valence-corrected chi connectivity index (χ3v) is 3.56. The molecule has 1 heterocycles. The predicted molar refractivity (Wildman–Crippen MR) is 84.6 cm³/mol. The van der Waals surface area contributed by atoms with Crippen LogP contribution in [0.25, 0.3) is 11.0 Å². The molecule has 1 N–H and O–H groups in total. The second kappa shape index (κ2) is 6.62. The molecule has 4 heteroatoms. The second-order valence-electron chi connectivity index (χ2n) is 5.15. The van der Waals surface area contributed by atoms with Crippen molar-refractivity contribution in [1.82, 2.24) is 5.32 Å². The molecule has 0 amide bonds. The average Bonchev–Trinajstić information content (AvgIpc) is 2.94. The summed E-state index contributed by atoms with van der Waals surface area (Å²) in [5.74, 6) is 1.41. The summed E-state index contributed by atoms with van der Waals surface area (Å²) in [4.78, 5) is 0. The Morgan fingerprint density at radius 2 is 2.00 bits per heavy atom. The lowest BCUT2D eigenvalue weighted by molar-refractivity contribution is 0.406. The topological polar surface area (TPSA) is 34.4 Å². The molecule has 0 fully saturated rings. The first kappa shape index (κ1) is 14.6. The fraction of sp³-hybridized carbons (Fsp3) is 0.222. The van der Waals surface area contributed by atoms with Gasteiger partial charge in [-0.15, -0.1) is 0 Å². The maximum atomic E-state index is 13.1. The minimum absolute atomic E-state index is 0.193. The van der Waals surface area contributed by atoms with Crippen molar-refractivity contribution in [2.75, 3.05) is 13.7 Å². The molecule has 3 nitrogen and oxygen atoms in total. The molecule has 0 radical (unpaired) electrons. The molecule has 0 bridgehead atoms. The molecule has 0 saturated heterocycles. The fourth-order valence-corrected chi connectivity index (χ4v) is 2.47. The molecule has 0 unspecified atom stereocenters. The molecular formula is C18H18FNO2. The zero-order valence-corrected chi connectivity index (χ0v) is 12.4. The van der Waals surface area contributed by atoms with Crippen LogP contribution in [0.2, 0.25) is 0 Å². The molecule has 0 aliphatic carbocycles. The van der Waals surface area contributed by atoms with Gasteiger partial charge in [-0.3, -0.25) is 0 Å². The van der Waals surface area contributed by atoms with Crippen LogP contribution in [0.4, 0.5) is 4.39 Å². The van der Waals surface area contributed by atoms with E-state index in [0.29, 0.717) is 6.54 Å². The van der Waals surface area contributed by atoms with E-state index in [2.05, 4.69) is 5.32 Å². The number of rotatable bonds is 6. The van der Waals surface area contributed by atoms with Crippen molar-refractivity contribution in [3.05, 3.63) is 65.7 Å². The minimum Gasteiger partial charge on any atom is -0.493 e. The van der Waals surface area contributed by atoms with Crippen LogP contribution < -0.4 is 10.1 Å². The summed E-state index contributed by atoms with van der Waals surface area (Å²) < 4.78 is 24.2. The maximum absolute atomic E-state index is 13.1. The Hall–Kier alpha value is -2.33. The van der Waals surface area contributed by atoms with E-state index in [-0.39, 0.29) is 5.82 Å². The van der Waals surface area contributed by atoms with E-state index in [1.165, 1.54) is 6.07 Å². The van der Waals surface area contributed by atoms with Crippen LogP contribution in [-0.2, 0) is 13.0 Å². The summed E-state index contributed by atoms with van der Waals surface area (Å²) in [7, 11) is 1.63. The van der Waals surface area contributed by atoms with Gasteiger partial charge in [-0.05, 0) is 42.8 Å². The lowest BCUT2D eigenvalue weighted by Gasteiger charge is -2.03. The molecule has 0 atom stereocenters. The van der Waals surface area contributed by atoms with E-state index < -0.39 is 0 Å². The summed E-state index contributed by atoms with van der Waals surface area (Å²) >= 11 is 0. The van der Waals surface area contributed by atoms with Gasteiger partial charge in [0, 0.05) is 5.39 Å². The second-order valence-corrected chi connectivity index (χ2v) is 5.15. The van der Waals surface area contributed by atoms with Crippen LogP contribution in [0.3, 0.4) is 0 Å². The predicted octanol–water partition coefficient (Wildman–Crippen LogP) is 3.91. The van der Waals surface area contributed by atoms with Crippen molar-refractivity contribution < 1.29 is 13.5 Å². The molecule has 0 aliphatic rings. The zero-order chi connectivity index (χ0) is 15.4. The Morgan fingerprint density at radius 1 is 1.14 bits per heavy atom. The van der Waals surface area contributed by atoms with Gasteiger partial charge in [-0.25, -0.2) is 4.39 Å². The smallest absolute Gasteiger partial charge is 0.176 e. The number of benzene rings is 2. The highest BCUT2D eigenvalue weighted by molar-refractivity contribution is 5.83. The van der Waals surface area contributed by atoms with Gasteiger partial charge in [-0.1, -0.05) is 24.3 Å². The number of nitrogens with one attached hydrogen (secondary N) is 1. The Kier molecular flexibility index (Phi) is 4.39. The number of hydrogen-bond acceptors (Lipinski definition) is 3. The third kappa shape index (κ3) is 3.28. The number of fused-ring (bicyclic) bond motifs is 1. The first-order chi connectivity index (χ1) is 10.8. The molecule has 0 saturated carbocycles. The van der Waals surface area contributed by atoms with E-state index >= 15 is 0 Å². The Morgan fingerprint density at radius 3 is 2.82 bits per heavy atom. The van der Waals surface area contributed by atoms with Crippen LogP contribution in [-0.4, -0.2) is 13.7 Å². The lowest BCUT2D eigenvalue weighted by Crippen LogP contribution is -2.16. The van der Waals surface area contributed by atoms with Crippen LogP contribution >= 0.6 is 0 Å². The van der Waals surface area contributed by atoms with Gasteiger partial charge < -0.3 is 14.5 Å². The van der Waals surface area contributed by atoms with E-state index in [1.807, 2.05) is 30.3 Å². The number of methoxy groups -OCH3 is 1. The highest BCUT2D eigenvalue weighted by atomic mass is 19.1. The third-order valence-electron chi connectivity index (χ3n) is 3.56. The largest absolute Gasteiger partial charge is 0.493 e. The Balaban J connectivity index is 1.58. The van der Waals surface area contributed by atoms with Crippen molar-refractivity contribution in [2.24, 2.45) is 0 Å². The Bertz CT molecular complexity index is 767. The summed E-state index contributed by atoms with van der Waals surface area (Å²) in [5.41, 5.74) is 1.76. The van der Waals surface area contributed by atoms with Crippen LogP contribution in [0.1, 0.15) is 11.3 Å². The van der Waals surface area contributed by atoms with Crippen molar-refractivity contribution in [3.8, 4) is 5.75 Å². The highest BCUT2D eigenvalue weighted by Crippen LogP contribution is 2.28. The van der Waals surface area contributed by atoms with Gasteiger partial charge in [0.2, 0.25) is 0 Å². The molecule has 0 spiro atoms. The van der Waals surface area contributed by atoms with Gasteiger partial charge in [-0.2, -0.15) is 0 Å². The molecule has 3 rings (SSSR count). The van der Waals surface area contributed by atoms with Gasteiger partial charge in [0.25, 0.3) is 0 Å². The zero-order valence-electron chi connectivity index (χ0n) is 12.4. The maximum Gasteiger partial charge on any atom is 0.176 e. The van der Waals surface area contributed by atoms with E-state index in [9.17, 15) is 4.39 Å². The van der Waals surface area contributed by atoms with E-state index in [0.717, 1.165) is 41.0 Å². The average molecular weight is 299 g/mol. The standard InChI is InChI=1S/C18H18FNO2/c1-21-17-7-3-5-14-11-16(22-18(14)17)12-20-9-8-13-4-2-6-15(19)10-13/h2-7,10-11,20H,8-9,12H2,1H3. The normalized spacial score (nSPS) is 11.0. The number of ether oxygens (including phenoxy) is 1. The number of hydrogen-bond donors (Lipinski definition) is 1. The first-order valence-electron chi connectivity index (χ1n) is 7.27. The van der Waals surface area contributed by atoms with Gasteiger partial charge >= 0.3 is 0 Å². The monoisotopic (exact) mass is 299 g/mol. The lowest BCUT2D eigenvalue weighted by atomic mass is 10.1. The number of furan rings is 1. The minimum atomic E-state index is -0.193. The Labute approximate surface area is 128 Å². The summed E-state index contributed by atoms with van der Waals surface area (Å²) in [6.45, 7) is 1.39. The fourth-order valence-electron chi connectivity index (χ4n) is 2.47. The molecule has 114 valence electrons. The van der Waals surface area contributed by atoms with Crippen LogP contribution in [0, 0.1) is 5.82 Å². The van der Waals surface area contributed by atoms with Gasteiger partial charge in [0.1, 0.15) is 11.6 Å². The molecule has 3 aromatic rings. The van der Waals surface area contributed by atoms with Crippen molar-refractivity contribution in [1.29, 1.82) is 0 Å². The number of halogens is 1. The molecule has 2 aromatic carbocycles. The quantitative estimate of drug-likeness (QED) is 0.701. The van der Waals surface area contributed by atoms with Crippen LogP contribution in [0.15, 0.2) is 52.9 Å². The van der Waals surface area contributed by atoms with E-state index in [1.54, 1.807) is 19.2 Å². The highest BCUT2D eigenvalue weighted by Gasteiger charge is 2.08. The first-order valence-corrected chi connectivity index (χ1v) is 7.27. The SMILES string of the molecule is COc1cccc2cc(CNCCc3cccc(F)c3)oc12. The molecular weight excluding hydrogens is 281 g/mol. The molecule has 22 heavy (non-hydrogen) atoms. The van der Waals surface area contributed by atoms with Crippen molar-refractivity contribution in [2.45, 2.75) is 13.0 Å². The van der Waals surface area contributed by atoms with Crippen molar-refractivity contribution >= 4 is 11.0 Å². The van der Waals surface area contributed by atoms with Gasteiger partial charge in [0.05, 0.1) is 13.7 Å². The summed E-state index contributed by atoms with van der Waals surface area (Å²) in [6, 6.07) is 14.5. The molecule has 1 aromatic heterocycles. The van der Waals surface area contributed by atoms with Crippen molar-refractivity contribution in [3.63, 3.8) is 0 Å².